The number of rotatable bonds is 5. The Morgan fingerprint density at radius 2 is 1.97 bits per heavy atom. The molecule has 1 aliphatic heterocycles. The molecule has 1 aromatic carbocycles. The predicted molar refractivity (Wildman–Crippen MR) is 101 cm³/mol. The second-order valence-corrected chi connectivity index (χ2v) is 6.98. The van der Waals surface area contributed by atoms with Crippen LogP contribution < -0.4 is 10.2 Å². The van der Waals surface area contributed by atoms with Crippen LogP contribution in [0.15, 0.2) is 24.5 Å². The zero-order valence-corrected chi connectivity index (χ0v) is 15.9. The topological polar surface area (TPSA) is 121 Å². The number of aliphatic carboxylic acids is 1. The van der Waals surface area contributed by atoms with Gasteiger partial charge in [0.1, 0.15) is 6.33 Å². The summed E-state index contributed by atoms with van der Waals surface area (Å²) in [6, 6.07) is 2.99. The molecule has 0 aliphatic carbocycles. The fourth-order valence-corrected chi connectivity index (χ4v) is 3.38. The smallest absolute Gasteiger partial charge is 0.417 e. The van der Waals surface area contributed by atoms with E-state index in [9.17, 15) is 28.1 Å². The van der Waals surface area contributed by atoms with Crippen molar-refractivity contribution in [2.75, 3.05) is 23.3 Å². The Morgan fingerprint density at radius 1 is 1.30 bits per heavy atom. The normalized spacial score (nSPS) is 15.1. The minimum Gasteiger partial charge on any atom is -0.481 e. The summed E-state index contributed by atoms with van der Waals surface area (Å²) < 4.78 is 39.2. The average Bonchev–Trinajstić information content (AvgIpc) is 2.68. The third-order valence-electron chi connectivity index (χ3n) is 4.66. The molecule has 0 unspecified atom stereocenters. The highest BCUT2D eigenvalue weighted by molar-refractivity contribution is 6.31. The molecule has 9 nitrogen and oxygen atoms in total. The van der Waals surface area contributed by atoms with Gasteiger partial charge in [0.05, 0.1) is 21.4 Å². The van der Waals surface area contributed by atoms with E-state index in [0.717, 1.165) is 18.5 Å². The molecule has 30 heavy (non-hydrogen) atoms. The average molecular weight is 446 g/mol. The molecule has 0 bridgehead atoms. The first-order valence-corrected chi connectivity index (χ1v) is 9.06. The van der Waals surface area contributed by atoms with Crippen molar-refractivity contribution in [3.05, 3.63) is 45.2 Å². The van der Waals surface area contributed by atoms with Crippen molar-refractivity contribution in [3.63, 3.8) is 0 Å². The summed E-state index contributed by atoms with van der Waals surface area (Å²) in [5.74, 6) is -1.81. The highest BCUT2D eigenvalue weighted by Crippen LogP contribution is 2.39. The minimum absolute atomic E-state index is 0.0358. The van der Waals surface area contributed by atoms with Gasteiger partial charge in [0.25, 0.3) is 0 Å². The fourth-order valence-electron chi connectivity index (χ4n) is 3.16. The Balaban J connectivity index is 1.93. The summed E-state index contributed by atoms with van der Waals surface area (Å²) in [6.45, 7) is 0.459. The van der Waals surface area contributed by atoms with E-state index in [2.05, 4.69) is 15.3 Å². The second kappa shape index (κ2) is 8.30. The first-order valence-electron chi connectivity index (χ1n) is 8.69. The zero-order chi connectivity index (χ0) is 22.1. The van der Waals surface area contributed by atoms with Crippen LogP contribution in [0, 0.1) is 16.0 Å². The number of halogens is 4. The molecular weight excluding hydrogens is 431 g/mol. The third kappa shape index (κ3) is 4.53. The van der Waals surface area contributed by atoms with E-state index in [0.29, 0.717) is 0 Å². The lowest BCUT2D eigenvalue weighted by atomic mass is 9.97. The third-order valence-corrected chi connectivity index (χ3v) is 4.99. The van der Waals surface area contributed by atoms with Gasteiger partial charge in [0, 0.05) is 18.8 Å². The highest BCUT2D eigenvalue weighted by atomic mass is 35.5. The number of carboxylic acids is 1. The Labute approximate surface area is 172 Å². The van der Waals surface area contributed by atoms with Gasteiger partial charge in [0.15, 0.2) is 0 Å². The van der Waals surface area contributed by atoms with Crippen LogP contribution in [0.3, 0.4) is 0 Å². The van der Waals surface area contributed by atoms with Crippen LogP contribution in [0.2, 0.25) is 5.02 Å². The molecule has 0 saturated carbocycles. The molecule has 1 aromatic heterocycles. The SMILES string of the molecule is O=C(O)C1CCN(c2ncnc(Nc3ccc(Cl)c(C(F)(F)F)c3)c2[N+](=O)[O-])CC1. The molecule has 13 heteroatoms. The van der Waals surface area contributed by atoms with E-state index < -0.39 is 39.3 Å². The number of nitrogens with one attached hydrogen (secondary N) is 1. The molecule has 1 fully saturated rings. The first kappa shape index (κ1) is 21.6. The van der Waals surface area contributed by atoms with Crippen LogP contribution in [0.5, 0.6) is 0 Å². The van der Waals surface area contributed by atoms with E-state index in [1.165, 1.54) is 6.07 Å². The van der Waals surface area contributed by atoms with Gasteiger partial charge >= 0.3 is 17.8 Å². The van der Waals surface area contributed by atoms with Gasteiger partial charge in [-0.25, -0.2) is 9.97 Å². The second-order valence-electron chi connectivity index (χ2n) is 6.57. The van der Waals surface area contributed by atoms with E-state index in [1.807, 2.05) is 0 Å². The van der Waals surface area contributed by atoms with Crippen LogP contribution in [-0.2, 0) is 11.0 Å². The zero-order valence-electron chi connectivity index (χ0n) is 15.2. The van der Waals surface area contributed by atoms with E-state index >= 15 is 0 Å². The first-order chi connectivity index (χ1) is 14.1. The van der Waals surface area contributed by atoms with Gasteiger partial charge in [-0.1, -0.05) is 11.6 Å². The van der Waals surface area contributed by atoms with Crippen LogP contribution in [0.25, 0.3) is 0 Å². The summed E-state index contributed by atoms with van der Waals surface area (Å²) in [5, 5.41) is 22.8. The monoisotopic (exact) mass is 445 g/mol. The lowest BCUT2D eigenvalue weighted by Gasteiger charge is -2.30. The maximum absolute atomic E-state index is 13.1. The maximum Gasteiger partial charge on any atom is 0.417 e. The van der Waals surface area contributed by atoms with E-state index in [1.54, 1.807) is 4.90 Å². The fraction of sp³-hybridized carbons (Fsp3) is 0.353. The van der Waals surface area contributed by atoms with Gasteiger partial charge in [-0.2, -0.15) is 13.2 Å². The van der Waals surface area contributed by atoms with E-state index in [-0.39, 0.29) is 43.3 Å². The van der Waals surface area contributed by atoms with Crippen molar-refractivity contribution in [1.29, 1.82) is 0 Å². The Kier molecular flexibility index (Phi) is 5.97. The lowest BCUT2D eigenvalue weighted by Crippen LogP contribution is -2.37. The number of anilines is 3. The van der Waals surface area contributed by atoms with Gasteiger partial charge in [-0.15, -0.1) is 0 Å². The van der Waals surface area contributed by atoms with Gasteiger partial charge < -0.3 is 15.3 Å². The molecule has 3 rings (SSSR count). The van der Waals surface area contributed by atoms with Crippen LogP contribution in [0.1, 0.15) is 18.4 Å². The number of aromatic nitrogens is 2. The van der Waals surface area contributed by atoms with Crippen molar-refractivity contribution in [2.45, 2.75) is 19.0 Å². The lowest BCUT2D eigenvalue weighted by molar-refractivity contribution is -0.383. The van der Waals surface area contributed by atoms with Crippen molar-refractivity contribution in [1.82, 2.24) is 9.97 Å². The number of piperidine rings is 1. The summed E-state index contributed by atoms with van der Waals surface area (Å²) in [4.78, 5) is 31.4. The van der Waals surface area contributed by atoms with Crippen molar-refractivity contribution < 1.29 is 28.0 Å². The number of hydrogen-bond acceptors (Lipinski definition) is 7. The molecule has 0 atom stereocenters. The highest BCUT2D eigenvalue weighted by Gasteiger charge is 2.34. The molecule has 2 aromatic rings. The molecule has 2 heterocycles. The molecule has 160 valence electrons. The number of benzene rings is 1. The summed E-state index contributed by atoms with van der Waals surface area (Å²) >= 11 is 5.60. The molecule has 0 amide bonds. The Bertz CT molecular complexity index is 980. The van der Waals surface area contributed by atoms with Gasteiger partial charge in [0.2, 0.25) is 11.6 Å². The Morgan fingerprint density at radius 3 is 2.53 bits per heavy atom. The van der Waals surface area contributed by atoms with Gasteiger partial charge in [-0.05, 0) is 31.0 Å². The molecule has 1 saturated heterocycles. The number of nitro groups is 1. The molecule has 0 radical (unpaired) electrons. The minimum atomic E-state index is -4.70. The maximum atomic E-state index is 13.1. The van der Waals surface area contributed by atoms with Crippen LogP contribution in [0.4, 0.5) is 36.2 Å². The van der Waals surface area contributed by atoms with Gasteiger partial charge in [-0.3, -0.25) is 14.9 Å². The molecule has 1 aliphatic rings. The van der Waals surface area contributed by atoms with Crippen molar-refractivity contribution in [3.8, 4) is 0 Å². The van der Waals surface area contributed by atoms with E-state index in [4.69, 9.17) is 16.7 Å². The number of carbonyl (C=O) groups is 1. The number of alkyl halides is 3. The predicted octanol–water partition coefficient (Wildman–Crippen LogP) is 4.10. The molecular formula is C17H15ClF3N5O4. The largest absolute Gasteiger partial charge is 0.481 e. The molecule has 2 N–H and O–H groups in total. The van der Waals surface area contributed by atoms with Crippen LogP contribution >= 0.6 is 11.6 Å². The summed E-state index contributed by atoms with van der Waals surface area (Å²) in [5.41, 5.74) is -1.71. The number of hydrogen-bond donors (Lipinski definition) is 2. The van der Waals surface area contributed by atoms with Crippen LogP contribution in [-0.4, -0.2) is 39.1 Å². The number of carboxylic acid groups (broad SMARTS) is 1. The van der Waals surface area contributed by atoms with Crippen molar-refractivity contribution >= 4 is 40.6 Å². The quantitative estimate of drug-likeness (QED) is 0.521. The Hall–Kier alpha value is -3.15. The summed E-state index contributed by atoms with van der Waals surface area (Å²) in [6.07, 6.45) is -3.09. The number of nitrogens with zero attached hydrogens (tertiary/aromatic N) is 4. The summed E-state index contributed by atoms with van der Waals surface area (Å²) in [7, 11) is 0. The van der Waals surface area contributed by atoms with Crippen molar-refractivity contribution in [2.24, 2.45) is 5.92 Å². The molecule has 0 spiro atoms. The standard InChI is InChI=1S/C17H15ClF3N5O4/c18-12-2-1-10(7-11(12)17(19,20)21)24-14-13(26(29)30)15(23-8-22-14)25-5-3-9(4-6-25)16(27)28/h1-2,7-9H,3-6H2,(H,27,28)(H,22,23,24).